The summed E-state index contributed by atoms with van der Waals surface area (Å²) in [5.74, 6) is 1.88. The van der Waals surface area contributed by atoms with E-state index < -0.39 is 0 Å². The third kappa shape index (κ3) is 4.69. The standard InChI is InChI=1S/C14H15NO.C8H7ClN2/c1-10-6-8-11(9-7-10)14-15-12-4-2-3-5-13(12)16-14;1-11-7-3-2-6(5-10)8(9)4-7/h6-9H,2-5H2,1H3;2-4,11H,1H3. The number of benzene rings is 2. The molecule has 0 spiro atoms. The van der Waals surface area contributed by atoms with Crippen LogP contribution in [-0.4, -0.2) is 12.0 Å². The molecule has 1 aliphatic carbocycles. The lowest BCUT2D eigenvalue weighted by Gasteiger charge is -2.05. The van der Waals surface area contributed by atoms with Gasteiger partial charge in [0.15, 0.2) is 0 Å². The average Bonchev–Trinajstić information content (AvgIpc) is 3.13. The molecule has 3 aromatic rings. The Morgan fingerprint density at radius 3 is 2.48 bits per heavy atom. The molecular formula is C22H22ClN3O. The minimum atomic E-state index is 0.486. The van der Waals surface area contributed by atoms with Gasteiger partial charge >= 0.3 is 0 Å². The lowest BCUT2D eigenvalue weighted by Crippen LogP contribution is -1.99. The number of anilines is 1. The molecule has 0 fully saturated rings. The highest BCUT2D eigenvalue weighted by Crippen LogP contribution is 2.27. The molecule has 0 unspecified atom stereocenters. The lowest BCUT2D eigenvalue weighted by atomic mass is 10.0. The summed E-state index contributed by atoms with van der Waals surface area (Å²) in [7, 11) is 1.80. The van der Waals surface area contributed by atoms with E-state index in [-0.39, 0.29) is 0 Å². The average molecular weight is 380 g/mol. The summed E-state index contributed by atoms with van der Waals surface area (Å²) in [6.07, 6.45) is 4.60. The van der Waals surface area contributed by atoms with Crippen LogP contribution in [0, 0.1) is 18.3 Å². The molecule has 4 nitrogen and oxygen atoms in total. The van der Waals surface area contributed by atoms with Crippen LogP contribution < -0.4 is 5.32 Å². The van der Waals surface area contributed by atoms with Gasteiger partial charge in [0.05, 0.1) is 16.3 Å². The van der Waals surface area contributed by atoms with Crippen LogP contribution in [0.4, 0.5) is 5.69 Å². The van der Waals surface area contributed by atoms with Gasteiger partial charge in [-0.25, -0.2) is 4.98 Å². The zero-order chi connectivity index (χ0) is 19.2. The van der Waals surface area contributed by atoms with Crippen LogP contribution in [0.3, 0.4) is 0 Å². The molecule has 0 amide bonds. The van der Waals surface area contributed by atoms with Crippen molar-refractivity contribution in [3.63, 3.8) is 0 Å². The van der Waals surface area contributed by atoms with Gasteiger partial charge in [-0.15, -0.1) is 0 Å². The van der Waals surface area contributed by atoms with Crippen LogP contribution >= 0.6 is 11.6 Å². The van der Waals surface area contributed by atoms with Gasteiger partial charge in [-0.2, -0.15) is 5.26 Å². The Hall–Kier alpha value is -2.77. The van der Waals surface area contributed by atoms with Gasteiger partial charge in [-0.05, 0) is 56.5 Å². The third-order valence-electron chi connectivity index (χ3n) is 4.52. The van der Waals surface area contributed by atoms with Gasteiger partial charge in [0, 0.05) is 24.7 Å². The van der Waals surface area contributed by atoms with Crippen LogP contribution in [0.2, 0.25) is 5.02 Å². The molecule has 27 heavy (non-hydrogen) atoms. The normalized spacial score (nSPS) is 12.4. The highest BCUT2D eigenvalue weighted by atomic mass is 35.5. The zero-order valence-electron chi connectivity index (χ0n) is 15.6. The fourth-order valence-corrected chi connectivity index (χ4v) is 3.16. The van der Waals surface area contributed by atoms with Crippen molar-refractivity contribution in [1.29, 1.82) is 5.26 Å². The first-order chi connectivity index (χ1) is 13.1. The number of nitriles is 1. The number of nitrogens with zero attached hydrogens (tertiary/aromatic N) is 2. The number of aryl methyl sites for hydroxylation is 3. The topological polar surface area (TPSA) is 61.9 Å². The molecule has 4 rings (SSSR count). The number of hydrogen-bond donors (Lipinski definition) is 1. The Kier molecular flexibility index (Phi) is 6.16. The number of aromatic nitrogens is 1. The van der Waals surface area contributed by atoms with E-state index in [0.717, 1.165) is 35.7 Å². The highest BCUT2D eigenvalue weighted by molar-refractivity contribution is 6.32. The minimum absolute atomic E-state index is 0.486. The molecule has 0 aliphatic heterocycles. The van der Waals surface area contributed by atoms with Crippen molar-refractivity contribution < 1.29 is 4.42 Å². The number of rotatable bonds is 2. The summed E-state index contributed by atoms with van der Waals surface area (Å²) in [5, 5.41) is 11.9. The zero-order valence-corrected chi connectivity index (χ0v) is 16.3. The van der Waals surface area contributed by atoms with Gasteiger partial charge < -0.3 is 9.73 Å². The summed E-state index contributed by atoms with van der Waals surface area (Å²) in [6, 6.07) is 15.6. The second-order valence-corrected chi connectivity index (χ2v) is 6.93. The maximum absolute atomic E-state index is 8.53. The van der Waals surface area contributed by atoms with Gasteiger partial charge in [0.2, 0.25) is 5.89 Å². The van der Waals surface area contributed by atoms with E-state index in [1.807, 2.05) is 12.1 Å². The molecule has 0 saturated heterocycles. The van der Waals surface area contributed by atoms with Crippen LogP contribution in [0.15, 0.2) is 46.9 Å². The van der Waals surface area contributed by atoms with E-state index in [9.17, 15) is 0 Å². The summed E-state index contributed by atoms with van der Waals surface area (Å²) < 4.78 is 5.82. The van der Waals surface area contributed by atoms with Crippen molar-refractivity contribution in [1.82, 2.24) is 4.98 Å². The fraction of sp³-hybridized carbons (Fsp3) is 0.273. The smallest absolute Gasteiger partial charge is 0.226 e. The van der Waals surface area contributed by atoms with Crippen molar-refractivity contribution in [2.45, 2.75) is 32.6 Å². The molecule has 0 bridgehead atoms. The van der Waals surface area contributed by atoms with E-state index in [4.69, 9.17) is 21.3 Å². The largest absolute Gasteiger partial charge is 0.441 e. The number of fused-ring (bicyclic) bond motifs is 1. The maximum atomic E-state index is 8.53. The Bertz CT molecular complexity index is 931. The molecule has 1 aromatic heterocycles. The monoisotopic (exact) mass is 379 g/mol. The molecule has 0 saturated carbocycles. The second kappa shape index (κ2) is 8.75. The molecule has 0 atom stereocenters. The van der Waals surface area contributed by atoms with E-state index in [2.05, 4.69) is 41.5 Å². The molecule has 138 valence electrons. The van der Waals surface area contributed by atoms with Crippen molar-refractivity contribution in [3.05, 3.63) is 70.1 Å². The Labute approximate surface area is 164 Å². The van der Waals surface area contributed by atoms with Crippen molar-refractivity contribution >= 4 is 17.3 Å². The van der Waals surface area contributed by atoms with Gasteiger partial charge in [0.25, 0.3) is 0 Å². The summed E-state index contributed by atoms with van der Waals surface area (Å²) in [6.45, 7) is 2.09. The number of nitrogens with one attached hydrogen (secondary N) is 1. The van der Waals surface area contributed by atoms with E-state index >= 15 is 0 Å². The number of oxazole rings is 1. The molecule has 0 radical (unpaired) electrons. The first kappa shape index (κ1) is 19.0. The van der Waals surface area contributed by atoms with Crippen LogP contribution in [0.1, 0.15) is 35.4 Å². The Morgan fingerprint density at radius 1 is 1.11 bits per heavy atom. The molecule has 2 aromatic carbocycles. The van der Waals surface area contributed by atoms with E-state index in [1.165, 1.54) is 24.1 Å². The van der Waals surface area contributed by atoms with Crippen LogP contribution in [0.5, 0.6) is 0 Å². The van der Waals surface area contributed by atoms with E-state index in [1.54, 1.807) is 19.2 Å². The molecule has 1 aliphatic rings. The van der Waals surface area contributed by atoms with Crippen LogP contribution in [-0.2, 0) is 12.8 Å². The third-order valence-corrected chi connectivity index (χ3v) is 4.84. The van der Waals surface area contributed by atoms with Crippen LogP contribution in [0.25, 0.3) is 11.5 Å². The number of hydrogen-bond acceptors (Lipinski definition) is 4. The molecular weight excluding hydrogens is 358 g/mol. The maximum Gasteiger partial charge on any atom is 0.226 e. The first-order valence-electron chi connectivity index (χ1n) is 9.03. The highest BCUT2D eigenvalue weighted by Gasteiger charge is 2.17. The molecule has 1 N–H and O–H groups in total. The predicted molar refractivity (Wildman–Crippen MR) is 109 cm³/mol. The minimum Gasteiger partial charge on any atom is -0.441 e. The van der Waals surface area contributed by atoms with Crippen molar-refractivity contribution in [2.24, 2.45) is 0 Å². The van der Waals surface area contributed by atoms with Gasteiger partial charge in [-0.1, -0.05) is 29.3 Å². The predicted octanol–water partition coefficient (Wildman–Crippen LogP) is 5.78. The summed E-state index contributed by atoms with van der Waals surface area (Å²) in [4.78, 5) is 4.58. The SMILES string of the molecule is CNc1ccc(C#N)c(Cl)c1.Cc1ccc(-c2nc3c(o2)CCCC3)cc1. The fourth-order valence-electron chi connectivity index (χ4n) is 2.93. The Morgan fingerprint density at radius 2 is 1.85 bits per heavy atom. The lowest BCUT2D eigenvalue weighted by molar-refractivity contribution is 0.487. The summed E-state index contributed by atoms with van der Waals surface area (Å²) in [5.41, 5.74) is 4.93. The van der Waals surface area contributed by atoms with Crippen molar-refractivity contribution in [3.8, 4) is 17.5 Å². The van der Waals surface area contributed by atoms with Gasteiger partial charge in [0.1, 0.15) is 11.8 Å². The quantitative estimate of drug-likeness (QED) is 0.612. The van der Waals surface area contributed by atoms with E-state index in [0.29, 0.717) is 10.6 Å². The first-order valence-corrected chi connectivity index (χ1v) is 9.41. The van der Waals surface area contributed by atoms with Crippen molar-refractivity contribution in [2.75, 3.05) is 12.4 Å². The molecule has 5 heteroatoms. The Balaban J connectivity index is 0.000000168. The number of halogens is 1. The second-order valence-electron chi connectivity index (χ2n) is 6.52. The molecule has 1 heterocycles. The van der Waals surface area contributed by atoms with Gasteiger partial charge in [-0.3, -0.25) is 0 Å². The summed E-state index contributed by atoms with van der Waals surface area (Å²) >= 11 is 5.75.